The summed E-state index contributed by atoms with van der Waals surface area (Å²) in [5, 5.41) is 7.91. The molecule has 2 aromatic rings. The first-order valence-corrected chi connectivity index (χ1v) is 6.70. The molecule has 1 aliphatic carbocycles. The molecule has 110 valence electrons. The lowest BCUT2D eigenvalue weighted by Crippen LogP contribution is -2.31. The molecule has 3 rings (SSSR count). The van der Waals surface area contributed by atoms with E-state index in [0.717, 1.165) is 48.1 Å². The van der Waals surface area contributed by atoms with Crippen LogP contribution in [0.5, 0.6) is 11.5 Å². The highest BCUT2D eigenvalue weighted by Gasteiger charge is 2.21. The minimum Gasteiger partial charge on any atom is -0.492 e. The molecule has 0 saturated heterocycles. The minimum atomic E-state index is 0. The standard InChI is InChI=1S/C14H19N3O2.ClH/c1-18-14-11-8-16-17-12(11)6-7-13(14)19-10-4-2-9(15)3-5-10;/h6-10H,2-5,15H2,1H3,(H,16,17);1H/t9-,10+;. The summed E-state index contributed by atoms with van der Waals surface area (Å²) in [6.45, 7) is 0. The quantitative estimate of drug-likeness (QED) is 0.913. The summed E-state index contributed by atoms with van der Waals surface area (Å²) < 4.78 is 11.6. The van der Waals surface area contributed by atoms with Gasteiger partial charge in [-0.25, -0.2) is 0 Å². The zero-order valence-electron chi connectivity index (χ0n) is 11.5. The molecule has 1 heterocycles. The van der Waals surface area contributed by atoms with Crippen LogP contribution in [0.2, 0.25) is 0 Å². The molecule has 5 nitrogen and oxygen atoms in total. The van der Waals surface area contributed by atoms with Crippen LogP contribution in [0.15, 0.2) is 18.3 Å². The Morgan fingerprint density at radius 3 is 2.70 bits per heavy atom. The van der Waals surface area contributed by atoms with Crippen molar-refractivity contribution < 1.29 is 9.47 Å². The maximum absolute atomic E-state index is 6.08. The zero-order chi connectivity index (χ0) is 13.2. The van der Waals surface area contributed by atoms with E-state index in [-0.39, 0.29) is 18.5 Å². The van der Waals surface area contributed by atoms with Gasteiger partial charge < -0.3 is 15.2 Å². The number of nitrogens with one attached hydrogen (secondary N) is 1. The van der Waals surface area contributed by atoms with Gasteiger partial charge in [-0.15, -0.1) is 12.4 Å². The smallest absolute Gasteiger partial charge is 0.171 e. The van der Waals surface area contributed by atoms with E-state index < -0.39 is 0 Å². The van der Waals surface area contributed by atoms with Gasteiger partial charge in [0.15, 0.2) is 11.5 Å². The molecule has 1 aliphatic rings. The molecule has 1 aromatic carbocycles. The normalized spacial score (nSPS) is 22.3. The Morgan fingerprint density at radius 1 is 1.25 bits per heavy atom. The van der Waals surface area contributed by atoms with E-state index in [1.165, 1.54) is 0 Å². The third-order valence-corrected chi connectivity index (χ3v) is 3.76. The number of halogens is 1. The Balaban J connectivity index is 0.00000147. The number of hydrogen-bond donors (Lipinski definition) is 2. The minimum absolute atomic E-state index is 0. The van der Waals surface area contributed by atoms with Gasteiger partial charge in [0, 0.05) is 6.04 Å². The third-order valence-electron chi connectivity index (χ3n) is 3.76. The van der Waals surface area contributed by atoms with E-state index in [9.17, 15) is 0 Å². The summed E-state index contributed by atoms with van der Waals surface area (Å²) in [7, 11) is 1.66. The van der Waals surface area contributed by atoms with Crippen molar-refractivity contribution in [3.8, 4) is 11.5 Å². The Bertz CT molecular complexity index is 565. The first kappa shape index (κ1) is 14.9. The third kappa shape index (κ3) is 2.83. The zero-order valence-corrected chi connectivity index (χ0v) is 12.3. The Hall–Kier alpha value is -1.46. The van der Waals surface area contributed by atoms with Crippen LogP contribution >= 0.6 is 12.4 Å². The van der Waals surface area contributed by atoms with E-state index in [2.05, 4.69) is 10.2 Å². The van der Waals surface area contributed by atoms with Crippen molar-refractivity contribution in [3.63, 3.8) is 0 Å². The molecule has 6 heteroatoms. The highest BCUT2D eigenvalue weighted by Crippen LogP contribution is 2.36. The summed E-state index contributed by atoms with van der Waals surface area (Å²) >= 11 is 0. The van der Waals surface area contributed by atoms with Crippen molar-refractivity contribution in [2.24, 2.45) is 5.73 Å². The van der Waals surface area contributed by atoms with Crippen molar-refractivity contribution >= 4 is 23.3 Å². The van der Waals surface area contributed by atoms with Gasteiger partial charge in [0.1, 0.15) is 0 Å². The number of aromatic amines is 1. The van der Waals surface area contributed by atoms with Crippen LogP contribution in [-0.2, 0) is 0 Å². The van der Waals surface area contributed by atoms with Gasteiger partial charge in [0.05, 0.1) is 30.3 Å². The number of nitrogens with two attached hydrogens (primary N) is 1. The van der Waals surface area contributed by atoms with Gasteiger partial charge in [0.25, 0.3) is 0 Å². The second-order valence-corrected chi connectivity index (χ2v) is 5.08. The molecule has 0 aliphatic heterocycles. The Kier molecular flexibility index (Phi) is 4.73. The number of nitrogens with zero attached hydrogens (tertiary/aromatic N) is 1. The van der Waals surface area contributed by atoms with Crippen LogP contribution in [0.3, 0.4) is 0 Å². The Morgan fingerprint density at radius 2 is 2.00 bits per heavy atom. The maximum atomic E-state index is 6.08. The van der Waals surface area contributed by atoms with Crippen LogP contribution in [0.25, 0.3) is 10.9 Å². The van der Waals surface area contributed by atoms with Crippen LogP contribution in [0.4, 0.5) is 0 Å². The summed E-state index contributed by atoms with van der Waals surface area (Å²) in [4.78, 5) is 0. The number of ether oxygens (including phenoxy) is 2. The van der Waals surface area contributed by atoms with Crippen LogP contribution in [0, 0.1) is 0 Å². The van der Waals surface area contributed by atoms with Crippen LogP contribution in [0.1, 0.15) is 25.7 Å². The molecule has 0 bridgehead atoms. The number of rotatable bonds is 3. The molecule has 0 spiro atoms. The number of benzene rings is 1. The molecule has 3 N–H and O–H groups in total. The molecular weight excluding hydrogens is 278 g/mol. The lowest BCUT2D eigenvalue weighted by atomic mass is 9.94. The molecule has 0 amide bonds. The van der Waals surface area contributed by atoms with E-state index >= 15 is 0 Å². The van der Waals surface area contributed by atoms with Crippen molar-refractivity contribution in [3.05, 3.63) is 18.3 Å². The first-order valence-electron chi connectivity index (χ1n) is 6.70. The van der Waals surface area contributed by atoms with Crippen molar-refractivity contribution in [1.82, 2.24) is 10.2 Å². The summed E-state index contributed by atoms with van der Waals surface area (Å²) in [6.07, 6.45) is 6.07. The fourth-order valence-electron chi connectivity index (χ4n) is 2.66. The predicted molar refractivity (Wildman–Crippen MR) is 80.8 cm³/mol. The van der Waals surface area contributed by atoms with Crippen molar-refractivity contribution in [1.29, 1.82) is 0 Å². The Labute approximate surface area is 124 Å². The van der Waals surface area contributed by atoms with Crippen molar-refractivity contribution in [2.75, 3.05) is 7.11 Å². The topological polar surface area (TPSA) is 73.2 Å². The monoisotopic (exact) mass is 297 g/mol. The molecule has 1 aromatic heterocycles. The van der Waals surface area contributed by atoms with Crippen LogP contribution < -0.4 is 15.2 Å². The molecule has 1 fully saturated rings. The SMILES string of the molecule is COc1c(O[C@H]2CC[C@@H](N)CC2)ccc2[nH]ncc12.Cl. The van der Waals surface area contributed by atoms with Gasteiger partial charge in [-0.3, -0.25) is 5.10 Å². The summed E-state index contributed by atoms with van der Waals surface area (Å²) in [5.41, 5.74) is 6.87. The fourth-order valence-corrected chi connectivity index (χ4v) is 2.66. The van der Waals surface area contributed by atoms with E-state index in [0.29, 0.717) is 6.04 Å². The van der Waals surface area contributed by atoms with Gasteiger partial charge in [-0.05, 0) is 37.8 Å². The number of aromatic nitrogens is 2. The summed E-state index contributed by atoms with van der Waals surface area (Å²) in [5.74, 6) is 1.54. The van der Waals surface area contributed by atoms with Gasteiger partial charge in [-0.2, -0.15) is 5.10 Å². The molecular formula is C14H20ClN3O2. The predicted octanol–water partition coefficient (Wildman–Crippen LogP) is 2.64. The number of fused-ring (bicyclic) bond motifs is 1. The van der Waals surface area contributed by atoms with E-state index in [1.54, 1.807) is 13.3 Å². The van der Waals surface area contributed by atoms with Gasteiger partial charge in [0.2, 0.25) is 0 Å². The average molecular weight is 298 g/mol. The van der Waals surface area contributed by atoms with Gasteiger partial charge >= 0.3 is 0 Å². The molecule has 0 atom stereocenters. The highest BCUT2D eigenvalue weighted by molar-refractivity contribution is 5.87. The lowest BCUT2D eigenvalue weighted by Gasteiger charge is -2.27. The highest BCUT2D eigenvalue weighted by atomic mass is 35.5. The first-order chi connectivity index (χ1) is 9.28. The van der Waals surface area contributed by atoms with Crippen LogP contribution in [-0.4, -0.2) is 29.5 Å². The fraction of sp³-hybridized carbons (Fsp3) is 0.500. The maximum Gasteiger partial charge on any atom is 0.171 e. The molecule has 0 radical (unpaired) electrons. The number of H-pyrrole nitrogens is 1. The second-order valence-electron chi connectivity index (χ2n) is 5.08. The largest absolute Gasteiger partial charge is 0.492 e. The van der Waals surface area contributed by atoms with Crippen molar-refractivity contribution in [2.45, 2.75) is 37.8 Å². The molecule has 20 heavy (non-hydrogen) atoms. The van der Waals surface area contributed by atoms with E-state index in [4.69, 9.17) is 15.2 Å². The van der Waals surface area contributed by atoms with Gasteiger partial charge in [-0.1, -0.05) is 0 Å². The number of methoxy groups -OCH3 is 1. The molecule has 0 unspecified atom stereocenters. The average Bonchev–Trinajstić information content (AvgIpc) is 2.89. The second kappa shape index (κ2) is 6.33. The van der Waals surface area contributed by atoms with E-state index in [1.807, 2.05) is 12.1 Å². The molecule has 1 saturated carbocycles. The lowest BCUT2D eigenvalue weighted by molar-refractivity contribution is 0.142. The summed E-state index contributed by atoms with van der Waals surface area (Å²) in [6, 6.07) is 4.24. The number of hydrogen-bond acceptors (Lipinski definition) is 4.